The summed E-state index contributed by atoms with van der Waals surface area (Å²) in [5.74, 6) is 0. The van der Waals surface area contributed by atoms with Crippen LogP contribution in [0.5, 0.6) is 0 Å². The number of hydrogen-bond acceptors (Lipinski definition) is 3. The summed E-state index contributed by atoms with van der Waals surface area (Å²) in [6.07, 6.45) is 1.19. The number of rotatable bonds is 6. The van der Waals surface area contributed by atoms with Crippen LogP contribution in [0.15, 0.2) is 10.6 Å². The van der Waals surface area contributed by atoms with Gasteiger partial charge < -0.3 is 10.6 Å². The monoisotopic (exact) mass is 266 g/mol. The van der Waals surface area contributed by atoms with E-state index >= 15 is 0 Å². The van der Waals surface area contributed by atoms with Crippen LogP contribution in [-0.4, -0.2) is 29.7 Å². The van der Waals surface area contributed by atoms with E-state index in [9.17, 15) is 0 Å². The third kappa shape index (κ3) is 6.41. The Hall–Kier alpha value is 0.330. The quantitative estimate of drug-likeness (QED) is 0.750. The number of nitrogens with zero attached hydrogens (tertiary/aromatic N) is 1. The molecule has 78 valence electrons. The lowest BCUT2D eigenvalue weighted by Gasteiger charge is -2.17. The predicted molar refractivity (Wildman–Crippen MR) is 66.1 cm³/mol. The van der Waals surface area contributed by atoms with Crippen molar-refractivity contribution in [3.63, 3.8) is 0 Å². The lowest BCUT2D eigenvalue weighted by Crippen LogP contribution is -2.22. The highest BCUT2D eigenvalue weighted by Crippen LogP contribution is 2.20. The molecule has 0 saturated carbocycles. The Morgan fingerprint density at radius 1 is 1.54 bits per heavy atom. The zero-order valence-corrected chi connectivity index (χ0v) is 11.0. The molecular weight excluding hydrogens is 248 g/mol. The number of alkyl halides is 1. The minimum atomic E-state index is 0.914. The van der Waals surface area contributed by atoms with Gasteiger partial charge in [0.25, 0.3) is 0 Å². The van der Waals surface area contributed by atoms with Crippen molar-refractivity contribution in [1.82, 2.24) is 4.90 Å². The fourth-order valence-electron chi connectivity index (χ4n) is 1.06. The lowest BCUT2D eigenvalue weighted by atomic mass is 10.4. The van der Waals surface area contributed by atoms with E-state index in [1.54, 1.807) is 11.8 Å². The van der Waals surface area contributed by atoms with Gasteiger partial charge >= 0.3 is 0 Å². The van der Waals surface area contributed by atoms with E-state index in [4.69, 9.17) is 5.73 Å². The van der Waals surface area contributed by atoms with Gasteiger partial charge in [0.1, 0.15) is 0 Å². The lowest BCUT2D eigenvalue weighted by molar-refractivity contribution is 0.367. The molecule has 0 rings (SSSR count). The Balaban J connectivity index is 4.03. The highest BCUT2D eigenvalue weighted by atomic mass is 79.9. The van der Waals surface area contributed by atoms with E-state index in [0.717, 1.165) is 23.4 Å². The van der Waals surface area contributed by atoms with Crippen molar-refractivity contribution in [2.45, 2.75) is 20.3 Å². The minimum absolute atomic E-state index is 0.914. The third-order valence-corrected chi connectivity index (χ3v) is 3.28. The average molecular weight is 267 g/mol. The van der Waals surface area contributed by atoms with Crippen LogP contribution in [0.4, 0.5) is 0 Å². The van der Waals surface area contributed by atoms with E-state index in [2.05, 4.69) is 34.8 Å². The average Bonchev–Trinajstić information content (AvgIpc) is 2.04. The number of likely N-dealkylation sites (N-methyl/N-ethyl adjacent to an activating group) is 1. The van der Waals surface area contributed by atoms with E-state index < -0.39 is 0 Å². The molecule has 0 aliphatic carbocycles. The van der Waals surface area contributed by atoms with Gasteiger partial charge in [-0.2, -0.15) is 0 Å². The molecule has 0 saturated heterocycles. The maximum Gasteiger partial charge on any atom is 0.0535 e. The van der Waals surface area contributed by atoms with Crippen LogP contribution < -0.4 is 5.73 Å². The molecule has 0 aromatic carbocycles. The molecular formula is C9H19BrN2S. The van der Waals surface area contributed by atoms with Gasteiger partial charge in [0.2, 0.25) is 0 Å². The molecule has 0 fully saturated rings. The molecule has 0 spiro atoms. The van der Waals surface area contributed by atoms with Gasteiger partial charge in [-0.05, 0) is 26.9 Å². The van der Waals surface area contributed by atoms with Crippen molar-refractivity contribution in [2.24, 2.45) is 5.73 Å². The Morgan fingerprint density at radius 2 is 2.15 bits per heavy atom. The zero-order valence-electron chi connectivity index (χ0n) is 8.64. The first-order valence-electron chi connectivity index (χ1n) is 4.44. The number of hydrogen-bond donors (Lipinski definition) is 1. The van der Waals surface area contributed by atoms with Crippen LogP contribution >= 0.6 is 27.7 Å². The number of thioether (sulfide) groups is 1. The van der Waals surface area contributed by atoms with Crippen LogP contribution in [0.3, 0.4) is 0 Å². The van der Waals surface area contributed by atoms with Gasteiger partial charge in [0.15, 0.2) is 0 Å². The molecule has 4 heteroatoms. The van der Waals surface area contributed by atoms with Crippen LogP contribution in [0.1, 0.15) is 20.3 Å². The van der Waals surface area contributed by atoms with Gasteiger partial charge in [-0.1, -0.05) is 22.9 Å². The third-order valence-electron chi connectivity index (χ3n) is 1.69. The Labute approximate surface area is 94.1 Å². The Bertz CT molecular complexity index is 167. The first kappa shape index (κ1) is 13.3. The number of allylic oxidation sites excluding steroid dienone is 1. The molecule has 0 aliphatic heterocycles. The second kappa shape index (κ2) is 7.71. The topological polar surface area (TPSA) is 29.3 Å². The zero-order chi connectivity index (χ0) is 10.3. The normalized spacial score (nSPS) is 13.3. The molecule has 2 nitrogen and oxygen atoms in total. The molecule has 0 radical (unpaired) electrons. The van der Waals surface area contributed by atoms with E-state index in [1.807, 2.05) is 6.92 Å². The molecule has 0 unspecified atom stereocenters. The van der Waals surface area contributed by atoms with Crippen LogP contribution in [0.25, 0.3) is 0 Å². The molecule has 2 N–H and O–H groups in total. The van der Waals surface area contributed by atoms with Crippen molar-refractivity contribution in [3.8, 4) is 0 Å². The first-order valence-corrected chi connectivity index (χ1v) is 6.55. The molecule has 0 aromatic rings. The largest absolute Gasteiger partial charge is 0.402 e. The summed E-state index contributed by atoms with van der Waals surface area (Å²) in [7, 11) is 2.13. The van der Waals surface area contributed by atoms with E-state index in [1.165, 1.54) is 11.3 Å². The van der Waals surface area contributed by atoms with Gasteiger partial charge in [-0.15, -0.1) is 11.8 Å². The second-order valence-corrected chi connectivity index (χ2v) is 5.47. The predicted octanol–water partition coefficient (Wildman–Crippen LogP) is 2.60. The molecule has 0 amide bonds. The highest BCUT2D eigenvalue weighted by Gasteiger charge is 2.04. The van der Waals surface area contributed by atoms with Crippen molar-refractivity contribution in [2.75, 3.05) is 24.8 Å². The van der Waals surface area contributed by atoms with Gasteiger partial charge in [0.05, 0.1) is 4.66 Å². The van der Waals surface area contributed by atoms with E-state index in [0.29, 0.717) is 0 Å². The number of halogens is 1. The smallest absolute Gasteiger partial charge is 0.0535 e. The molecule has 0 aliphatic rings. The summed E-state index contributed by atoms with van der Waals surface area (Å²) in [6, 6.07) is 0. The summed E-state index contributed by atoms with van der Waals surface area (Å²) in [5.41, 5.74) is 6.72. The summed E-state index contributed by atoms with van der Waals surface area (Å²) in [5, 5.41) is 0. The summed E-state index contributed by atoms with van der Waals surface area (Å²) in [6.45, 7) is 6.24. The molecule has 0 heterocycles. The maximum atomic E-state index is 5.78. The standard InChI is InChI=1S/C9H19BrN2S/c1-4-5-12(3)6-9(8(2)11)13-7-10/h4-7,11H2,1-3H3/b9-8-. The van der Waals surface area contributed by atoms with E-state index in [-0.39, 0.29) is 0 Å². The molecule has 0 bridgehead atoms. The maximum absolute atomic E-state index is 5.78. The van der Waals surface area contributed by atoms with Crippen molar-refractivity contribution in [3.05, 3.63) is 10.6 Å². The van der Waals surface area contributed by atoms with Crippen LogP contribution in [0, 0.1) is 0 Å². The van der Waals surface area contributed by atoms with Crippen molar-refractivity contribution in [1.29, 1.82) is 0 Å². The second-order valence-electron chi connectivity index (χ2n) is 3.10. The fourth-order valence-corrected chi connectivity index (χ4v) is 2.56. The van der Waals surface area contributed by atoms with Gasteiger partial charge in [-0.3, -0.25) is 0 Å². The minimum Gasteiger partial charge on any atom is -0.402 e. The highest BCUT2D eigenvalue weighted by molar-refractivity contribution is 9.11. The summed E-state index contributed by atoms with van der Waals surface area (Å²) >= 11 is 5.17. The van der Waals surface area contributed by atoms with Crippen molar-refractivity contribution < 1.29 is 0 Å². The summed E-state index contributed by atoms with van der Waals surface area (Å²) < 4.78 is 0.914. The molecule has 13 heavy (non-hydrogen) atoms. The Morgan fingerprint density at radius 3 is 2.54 bits per heavy atom. The first-order chi connectivity index (χ1) is 6.11. The van der Waals surface area contributed by atoms with Gasteiger partial charge in [-0.25, -0.2) is 0 Å². The van der Waals surface area contributed by atoms with Crippen LogP contribution in [-0.2, 0) is 0 Å². The molecule has 0 aromatic heterocycles. The fraction of sp³-hybridized carbons (Fsp3) is 0.778. The number of nitrogens with two attached hydrogens (primary N) is 1. The SMILES string of the molecule is CCCN(C)C/C(SCBr)=C(\C)N. The van der Waals surface area contributed by atoms with Crippen LogP contribution in [0.2, 0.25) is 0 Å². The molecule has 0 atom stereocenters. The van der Waals surface area contributed by atoms with Gasteiger partial charge in [0, 0.05) is 17.1 Å². The summed E-state index contributed by atoms with van der Waals surface area (Å²) in [4.78, 5) is 3.56. The Kier molecular flexibility index (Phi) is 7.90. The van der Waals surface area contributed by atoms with Crippen molar-refractivity contribution >= 4 is 27.7 Å².